The van der Waals surface area contributed by atoms with Gasteiger partial charge in [-0.15, -0.1) is 0 Å². The second-order valence-electron chi connectivity index (χ2n) is 12.7. The quantitative estimate of drug-likeness (QED) is 0.643. The fraction of sp³-hybridized carbons (Fsp3) is 0.621. The van der Waals surface area contributed by atoms with Crippen LogP contribution in [0.3, 0.4) is 0 Å². The first-order chi connectivity index (χ1) is 18.3. The Morgan fingerprint density at radius 1 is 1.16 bits per heavy atom. The molecule has 2 aliphatic carbocycles. The molecule has 0 radical (unpaired) electrons. The number of carbonyl (C=O) groups is 1. The van der Waals surface area contributed by atoms with Gasteiger partial charge in [0, 0.05) is 31.9 Å². The Morgan fingerprint density at radius 3 is 2.82 bits per heavy atom. The van der Waals surface area contributed by atoms with Crippen LogP contribution in [0.4, 0.5) is 16.3 Å². The number of rotatable bonds is 2. The number of alkyl carbamates (subject to hydrolysis) is 1. The van der Waals surface area contributed by atoms with Crippen LogP contribution in [0.25, 0.3) is 0 Å². The highest BCUT2D eigenvalue weighted by molar-refractivity contribution is 6.11. The SMILES string of the molecule is CC(C)(C)OC(=O)N[C@H]1[C@H]2CC2CC12CCN(c1cnc3c(n1)CN=C3N1CCCc3ncccc31)CC2. The molecule has 9 nitrogen and oxygen atoms in total. The molecule has 1 saturated heterocycles. The largest absolute Gasteiger partial charge is 0.444 e. The summed E-state index contributed by atoms with van der Waals surface area (Å²) in [6, 6.07) is 4.34. The molecule has 2 aromatic heterocycles. The maximum Gasteiger partial charge on any atom is 0.407 e. The van der Waals surface area contributed by atoms with E-state index in [0.29, 0.717) is 12.5 Å². The lowest BCUT2D eigenvalue weighted by Crippen LogP contribution is -2.53. The first kappa shape index (κ1) is 23.9. The summed E-state index contributed by atoms with van der Waals surface area (Å²) in [5, 5.41) is 3.29. The van der Waals surface area contributed by atoms with Crippen molar-refractivity contribution in [2.24, 2.45) is 22.2 Å². The third-order valence-electron chi connectivity index (χ3n) is 9.12. The molecule has 200 valence electrons. The van der Waals surface area contributed by atoms with E-state index in [-0.39, 0.29) is 17.6 Å². The number of ether oxygens (including phenoxy) is 1. The maximum atomic E-state index is 12.6. The molecular weight excluding hydrogens is 478 g/mol. The summed E-state index contributed by atoms with van der Waals surface area (Å²) >= 11 is 0. The van der Waals surface area contributed by atoms with Gasteiger partial charge in [0.2, 0.25) is 0 Å². The summed E-state index contributed by atoms with van der Waals surface area (Å²) in [6.07, 6.45) is 10.1. The highest BCUT2D eigenvalue weighted by atomic mass is 16.6. The fourth-order valence-corrected chi connectivity index (χ4v) is 7.33. The number of pyridine rings is 1. The molecule has 5 aliphatic rings. The summed E-state index contributed by atoms with van der Waals surface area (Å²) in [6.45, 7) is 9.11. The minimum absolute atomic E-state index is 0.164. The molecule has 3 fully saturated rings. The first-order valence-corrected chi connectivity index (χ1v) is 14.2. The van der Waals surface area contributed by atoms with Gasteiger partial charge in [0.25, 0.3) is 0 Å². The van der Waals surface area contributed by atoms with Crippen LogP contribution in [-0.4, -0.2) is 58.2 Å². The Bertz CT molecular complexity index is 1290. The minimum atomic E-state index is -0.480. The Kier molecular flexibility index (Phi) is 5.43. The molecule has 5 heterocycles. The number of amides is 1. The van der Waals surface area contributed by atoms with E-state index in [0.717, 1.165) is 85.7 Å². The molecule has 7 rings (SSSR count). The first-order valence-electron chi connectivity index (χ1n) is 14.2. The zero-order valence-electron chi connectivity index (χ0n) is 22.6. The lowest BCUT2D eigenvalue weighted by Gasteiger charge is -2.45. The van der Waals surface area contributed by atoms with Crippen LogP contribution in [0.1, 0.15) is 70.0 Å². The van der Waals surface area contributed by atoms with Crippen LogP contribution >= 0.6 is 0 Å². The standard InChI is InChI=1S/C29H37N7O2/c1-28(2,3)38-27(37)34-25-19-14-18(19)15-29(25)8-12-35(13-9-29)23-17-31-24-21(33-23)16-32-26(24)36-11-5-6-20-22(36)7-4-10-30-20/h4,7,10,17-19,25H,5-6,8-9,11-16H2,1-3H3,(H,34,37)/t18?,19-,25-/m0/s1. The number of anilines is 2. The monoisotopic (exact) mass is 515 g/mol. The molecule has 3 aliphatic heterocycles. The van der Waals surface area contributed by atoms with E-state index in [1.54, 1.807) is 0 Å². The van der Waals surface area contributed by atoms with Gasteiger partial charge in [-0.05, 0) is 88.7 Å². The topological polar surface area (TPSA) is 95.8 Å². The fourth-order valence-electron chi connectivity index (χ4n) is 7.33. The lowest BCUT2D eigenvalue weighted by atomic mass is 9.71. The van der Waals surface area contributed by atoms with Crippen molar-refractivity contribution in [2.75, 3.05) is 29.4 Å². The molecule has 1 spiro atoms. The van der Waals surface area contributed by atoms with E-state index in [4.69, 9.17) is 19.7 Å². The molecule has 1 N–H and O–H groups in total. The van der Waals surface area contributed by atoms with Crippen LogP contribution in [0.5, 0.6) is 0 Å². The van der Waals surface area contributed by atoms with E-state index in [1.807, 2.05) is 39.2 Å². The summed E-state index contributed by atoms with van der Waals surface area (Å²) in [4.78, 5) is 36.6. The number of amidine groups is 1. The summed E-state index contributed by atoms with van der Waals surface area (Å²) in [5.74, 6) is 3.23. The van der Waals surface area contributed by atoms with Crippen molar-refractivity contribution in [3.63, 3.8) is 0 Å². The molecule has 1 amide bonds. The van der Waals surface area contributed by atoms with Crippen LogP contribution in [0.2, 0.25) is 0 Å². The van der Waals surface area contributed by atoms with Gasteiger partial charge in [-0.2, -0.15) is 0 Å². The second kappa shape index (κ2) is 8.64. The Hall–Kier alpha value is -3.23. The van der Waals surface area contributed by atoms with Gasteiger partial charge in [0.05, 0.1) is 29.8 Å². The van der Waals surface area contributed by atoms with Crippen LogP contribution in [-0.2, 0) is 17.7 Å². The Morgan fingerprint density at radius 2 is 2.00 bits per heavy atom. The number of nitrogens with zero attached hydrogens (tertiary/aromatic N) is 6. The van der Waals surface area contributed by atoms with Crippen LogP contribution in [0, 0.1) is 17.3 Å². The number of hydrogen-bond donors (Lipinski definition) is 1. The second-order valence-corrected chi connectivity index (χ2v) is 12.7. The molecular formula is C29H37N7O2. The summed E-state index contributed by atoms with van der Waals surface area (Å²) in [5.41, 5.74) is 3.81. The van der Waals surface area contributed by atoms with Gasteiger partial charge in [-0.3, -0.25) is 9.98 Å². The third-order valence-corrected chi connectivity index (χ3v) is 9.12. The zero-order chi connectivity index (χ0) is 26.1. The smallest absolute Gasteiger partial charge is 0.407 e. The molecule has 0 bridgehead atoms. The average molecular weight is 516 g/mol. The van der Waals surface area contributed by atoms with E-state index in [9.17, 15) is 4.79 Å². The van der Waals surface area contributed by atoms with Crippen molar-refractivity contribution in [3.8, 4) is 0 Å². The number of nitrogens with one attached hydrogen (secondary N) is 1. The normalized spacial score (nSPS) is 26.9. The highest BCUT2D eigenvalue weighted by Gasteiger charge is 2.62. The third kappa shape index (κ3) is 4.10. The maximum absolute atomic E-state index is 12.6. The number of aryl methyl sites for hydroxylation is 1. The summed E-state index contributed by atoms with van der Waals surface area (Å²) < 4.78 is 5.61. The number of fused-ring (bicyclic) bond motifs is 3. The number of piperidine rings is 1. The predicted molar refractivity (Wildman–Crippen MR) is 145 cm³/mol. The number of aliphatic imine (C=N–C) groups is 1. The highest BCUT2D eigenvalue weighted by Crippen LogP contribution is 2.63. The zero-order valence-corrected chi connectivity index (χ0v) is 22.6. The van der Waals surface area contributed by atoms with Gasteiger partial charge in [0.1, 0.15) is 17.1 Å². The van der Waals surface area contributed by atoms with Crippen molar-refractivity contribution in [1.29, 1.82) is 0 Å². The number of carbonyl (C=O) groups excluding carboxylic acids is 1. The molecule has 1 unspecified atom stereocenters. The van der Waals surface area contributed by atoms with E-state index in [2.05, 4.69) is 26.2 Å². The molecule has 0 aromatic carbocycles. The Balaban J connectivity index is 1.04. The lowest BCUT2D eigenvalue weighted by molar-refractivity contribution is 0.0417. The van der Waals surface area contributed by atoms with Gasteiger partial charge in [0.15, 0.2) is 5.84 Å². The van der Waals surface area contributed by atoms with Gasteiger partial charge in [-0.1, -0.05) is 0 Å². The number of aromatic nitrogens is 3. The summed E-state index contributed by atoms with van der Waals surface area (Å²) in [7, 11) is 0. The predicted octanol–water partition coefficient (Wildman–Crippen LogP) is 4.10. The molecule has 3 atom stereocenters. The van der Waals surface area contributed by atoms with Crippen LogP contribution in [0.15, 0.2) is 29.5 Å². The van der Waals surface area contributed by atoms with Gasteiger partial charge in [-0.25, -0.2) is 14.8 Å². The van der Waals surface area contributed by atoms with E-state index in [1.165, 1.54) is 12.8 Å². The van der Waals surface area contributed by atoms with Crippen molar-refractivity contribution in [1.82, 2.24) is 20.3 Å². The number of hydrogen-bond acceptors (Lipinski definition) is 8. The minimum Gasteiger partial charge on any atom is -0.444 e. The molecule has 9 heteroatoms. The van der Waals surface area contributed by atoms with Gasteiger partial charge >= 0.3 is 6.09 Å². The van der Waals surface area contributed by atoms with Crippen LogP contribution < -0.4 is 15.1 Å². The van der Waals surface area contributed by atoms with E-state index >= 15 is 0 Å². The van der Waals surface area contributed by atoms with Crippen molar-refractivity contribution >= 4 is 23.4 Å². The molecule has 2 aromatic rings. The van der Waals surface area contributed by atoms with Crippen molar-refractivity contribution in [3.05, 3.63) is 41.6 Å². The van der Waals surface area contributed by atoms with Crippen molar-refractivity contribution < 1.29 is 9.53 Å². The molecule has 38 heavy (non-hydrogen) atoms. The molecule has 2 saturated carbocycles. The Labute approximate surface area is 224 Å². The average Bonchev–Trinajstić information content (AvgIpc) is 3.41. The van der Waals surface area contributed by atoms with Gasteiger partial charge < -0.3 is 19.9 Å². The van der Waals surface area contributed by atoms with E-state index < -0.39 is 5.60 Å². The van der Waals surface area contributed by atoms with Crippen molar-refractivity contribution in [2.45, 2.75) is 77.5 Å².